The predicted molar refractivity (Wildman–Crippen MR) is 116 cm³/mol. The van der Waals surface area contributed by atoms with Crippen LogP contribution in [0, 0.1) is 18.8 Å². The fourth-order valence-electron chi connectivity index (χ4n) is 4.69. The minimum absolute atomic E-state index is 0.0928. The highest BCUT2D eigenvalue weighted by molar-refractivity contribution is 5.68. The smallest absolute Gasteiger partial charge is 0.417 e. The summed E-state index contributed by atoms with van der Waals surface area (Å²) < 4.78 is 45.5. The Morgan fingerprint density at radius 2 is 1.82 bits per heavy atom. The van der Waals surface area contributed by atoms with E-state index in [-0.39, 0.29) is 23.4 Å². The fourth-order valence-corrected chi connectivity index (χ4v) is 4.69. The van der Waals surface area contributed by atoms with Crippen LogP contribution in [0.25, 0.3) is 11.3 Å². The summed E-state index contributed by atoms with van der Waals surface area (Å²) >= 11 is 0. The number of anilines is 1. The quantitative estimate of drug-likeness (QED) is 0.696. The van der Waals surface area contributed by atoms with Crippen LogP contribution >= 0.6 is 0 Å². The van der Waals surface area contributed by atoms with Gasteiger partial charge in [0.2, 0.25) is 0 Å². The number of likely N-dealkylation sites (tertiary alicyclic amines) is 1. The molecule has 7 nitrogen and oxygen atoms in total. The molecule has 3 atom stereocenters. The molecule has 178 valence electrons. The average Bonchev–Trinajstić information content (AvgIpc) is 3.26. The third-order valence-electron chi connectivity index (χ3n) is 6.13. The monoisotopic (exact) mass is 463 g/mol. The zero-order valence-corrected chi connectivity index (χ0v) is 19.1. The first-order valence-electron chi connectivity index (χ1n) is 11.0. The second-order valence-corrected chi connectivity index (χ2v) is 9.90. The maximum atomic E-state index is 13.3. The number of nitrogens with zero attached hydrogens (tertiary/aromatic N) is 4. The van der Waals surface area contributed by atoms with Gasteiger partial charge in [-0.3, -0.25) is 4.98 Å². The van der Waals surface area contributed by atoms with E-state index in [9.17, 15) is 18.0 Å². The van der Waals surface area contributed by atoms with Crippen molar-refractivity contribution in [2.45, 2.75) is 58.4 Å². The number of amides is 1. The summed E-state index contributed by atoms with van der Waals surface area (Å²) in [4.78, 5) is 17.9. The number of carbonyl (C=O) groups excluding carboxylic acids is 1. The molecule has 2 aromatic rings. The van der Waals surface area contributed by atoms with Crippen molar-refractivity contribution < 1.29 is 22.7 Å². The Balaban J connectivity index is 1.40. The topological polar surface area (TPSA) is 80.2 Å². The van der Waals surface area contributed by atoms with Crippen molar-refractivity contribution in [2.24, 2.45) is 11.8 Å². The number of hydrogen-bond donors (Lipinski definition) is 1. The SMILES string of the molecule is Cc1cc(-c2cnccc2C(F)(F)F)nnc1NC1CC2CN(C(=O)OC(C)(C)C)C[C@H]2C1. The van der Waals surface area contributed by atoms with Crippen molar-refractivity contribution in [3.8, 4) is 11.3 Å². The maximum Gasteiger partial charge on any atom is 0.417 e. The number of ether oxygens (including phenoxy) is 1. The van der Waals surface area contributed by atoms with Crippen molar-refractivity contribution in [2.75, 3.05) is 18.4 Å². The molecule has 2 unspecified atom stereocenters. The molecule has 1 saturated carbocycles. The number of pyridine rings is 1. The predicted octanol–water partition coefficient (Wildman–Crippen LogP) is 4.92. The van der Waals surface area contributed by atoms with Gasteiger partial charge in [0.25, 0.3) is 0 Å². The lowest BCUT2D eigenvalue weighted by Gasteiger charge is -2.25. The van der Waals surface area contributed by atoms with Crippen LogP contribution in [0.5, 0.6) is 0 Å². The van der Waals surface area contributed by atoms with E-state index in [1.807, 2.05) is 20.8 Å². The van der Waals surface area contributed by atoms with E-state index in [1.165, 1.54) is 0 Å². The molecule has 1 aliphatic carbocycles. The Labute approximate surface area is 190 Å². The van der Waals surface area contributed by atoms with Gasteiger partial charge in [0.15, 0.2) is 5.82 Å². The summed E-state index contributed by atoms with van der Waals surface area (Å²) in [6.07, 6.45) is -0.731. The Morgan fingerprint density at radius 3 is 2.39 bits per heavy atom. The van der Waals surface area contributed by atoms with Crippen molar-refractivity contribution in [3.63, 3.8) is 0 Å². The van der Waals surface area contributed by atoms with Crippen LogP contribution in [0.3, 0.4) is 0 Å². The molecule has 2 aromatic heterocycles. The van der Waals surface area contributed by atoms with E-state index in [2.05, 4.69) is 20.5 Å². The summed E-state index contributed by atoms with van der Waals surface area (Å²) in [6.45, 7) is 8.70. The van der Waals surface area contributed by atoms with Gasteiger partial charge in [0, 0.05) is 37.1 Å². The molecule has 0 spiro atoms. The molecule has 1 N–H and O–H groups in total. The molecule has 4 rings (SSSR count). The first kappa shape index (κ1) is 23.3. The van der Waals surface area contributed by atoms with Crippen LogP contribution in [0.4, 0.5) is 23.8 Å². The number of nitrogens with one attached hydrogen (secondary N) is 1. The van der Waals surface area contributed by atoms with Crippen LogP contribution < -0.4 is 5.32 Å². The summed E-state index contributed by atoms with van der Waals surface area (Å²) in [5.41, 5.74) is -0.549. The molecule has 33 heavy (non-hydrogen) atoms. The third kappa shape index (κ3) is 5.20. The standard InChI is InChI=1S/C23H28F3N5O2/c1-13-7-19(17-10-27-6-5-18(17)23(24,25)26)29-30-20(13)28-16-8-14-11-31(12-15(14)9-16)21(32)33-22(2,3)4/h5-7,10,14-16H,8-9,11-12H2,1-4H3,(H,28,30)/t14-,15?,16?/m1/s1. The van der Waals surface area contributed by atoms with Crippen LogP contribution in [-0.2, 0) is 10.9 Å². The highest BCUT2D eigenvalue weighted by atomic mass is 19.4. The van der Waals surface area contributed by atoms with Crippen LogP contribution in [-0.4, -0.2) is 50.9 Å². The van der Waals surface area contributed by atoms with Gasteiger partial charge in [0.1, 0.15) is 5.60 Å². The van der Waals surface area contributed by atoms with Gasteiger partial charge < -0.3 is 15.0 Å². The average molecular weight is 464 g/mol. The lowest BCUT2D eigenvalue weighted by Crippen LogP contribution is -2.36. The highest BCUT2D eigenvalue weighted by Crippen LogP contribution is 2.40. The largest absolute Gasteiger partial charge is 0.444 e. The first-order valence-corrected chi connectivity index (χ1v) is 11.0. The van der Waals surface area contributed by atoms with E-state index >= 15 is 0 Å². The van der Waals surface area contributed by atoms with E-state index < -0.39 is 17.3 Å². The minimum Gasteiger partial charge on any atom is -0.444 e. The summed E-state index contributed by atoms with van der Waals surface area (Å²) in [5.74, 6) is 1.32. The molecular formula is C23H28F3N5O2. The van der Waals surface area contributed by atoms with Gasteiger partial charge in [-0.1, -0.05) is 0 Å². The lowest BCUT2D eigenvalue weighted by atomic mass is 10.0. The van der Waals surface area contributed by atoms with Crippen molar-refractivity contribution in [1.82, 2.24) is 20.1 Å². The number of hydrogen-bond acceptors (Lipinski definition) is 6. The summed E-state index contributed by atoms with van der Waals surface area (Å²) in [7, 11) is 0. The van der Waals surface area contributed by atoms with Gasteiger partial charge in [-0.05, 0) is 70.1 Å². The highest BCUT2D eigenvalue weighted by Gasteiger charge is 2.43. The number of alkyl halides is 3. The van der Waals surface area contributed by atoms with Crippen molar-refractivity contribution in [3.05, 3.63) is 35.7 Å². The van der Waals surface area contributed by atoms with Gasteiger partial charge in [-0.2, -0.15) is 13.2 Å². The number of aromatic nitrogens is 3. The number of halogens is 3. The molecular weight excluding hydrogens is 435 g/mol. The summed E-state index contributed by atoms with van der Waals surface area (Å²) in [6, 6.07) is 2.71. The van der Waals surface area contributed by atoms with E-state index in [4.69, 9.17) is 4.74 Å². The Kier molecular flexibility index (Phi) is 5.96. The molecule has 0 bridgehead atoms. The van der Waals surface area contributed by atoms with Crippen LogP contribution in [0.1, 0.15) is 44.7 Å². The molecule has 2 fully saturated rings. The molecule has 10 heteroatoms. The number of aryl methyl sites for hydroxylation is 1. The first-order chi connectivity index (χ1) is 15.4. The molecule has 2 aliphatic rings. The van der Waals surface area contributed by atoms with Crippen LogP contribution in [0.2, 0.25) is 0 Å². The molecule has 1 amide bonds. The Morgan fingerprint density at radius 1 is 1.15 bits per heavy atom. The third-order valence-corrected chi connectivity index (χ3v) is 6.13. The summed E-state index contributed by atoms with van der Waals surface area (Å²) in [5, 5.41) is 11.6. The zero-order chi connectivity index (χ0) is 24.0. The van der Waals surface area contributed by atoms with Gasteiger partial charge in [-0.25, -0.2) is 4.79 Å². The number of fused-ring (bicyclic) bond motifs is 1. The molecule has 0 radical (unpaired) electrons. The fraction of sp³-hybridized carbons (Fsp3) is 0.565. The van der Waals surface area contributed by atoms with Gasteiger partial charge in [0.05, 0.1) is 11.3 Å². The van der Waals surface area contributed by atoms with Gasteiger partial charge >= 0.3 is 12.3 Å². The van der Waals surface area contributed by atoms with Crippen molar-refractivity contribution >= 4 is 11.9 Å². The lowest BCUT2D eigenvalue weighted by molar-refractivity contribution is -0.137. The van der Waals surface area contributed by atoms with E-state index in [1.54, 1.807) is 17.9 Å². The van der Waals surface area contributed by atoms with Gasteiger partial charge in [-0.15, -0.1) is 10.2 Å². The van der Waals surface area contributed by atoms with E-state index in [0.717, 1.165) is 31.3 Å². The van der Waals surface area contributed by atoms with Crippen LogP contribution in [0.15, 0.2) is 24.5 Å². The normalized spacial score (nSPS) is 22.9. The van der Waals surface area contributed by atoms with Crippen molar-refractivity contribution in [1.29, 1.82) is 0 Å². The second-order valence-electron chi connectivity index (χ2n) is 9.90. The number of rotatable bonds is 3. The maximum absolute atomic E-state index is 13.3. The molecule has 3 heterocycles. The Bertz CT molecular complexity index is 1020. The minimum atomic E-state index is -4.50. The van der Waals surface area contributed by atoms with E-state index in [0.29, 0.717) is 36.3 Å². The molecule has 1 saturated heterocycles. The number of carbonyl (C=O) groups is 1. The Hall–Kier alpha value is -2.91. The molecule has 0 aromatic carbocycles. The second kappa shape index (κ2) is 8.46. The molecule has 1 aliphatic heterocycles. The zero-order valence-electron chi connectivity index (χ0n) is 19.1.